The number of hydrogen-bond acceptors (Lipinski definition) is 2. The molecule has 0 atom stereocenters. The van der Waals surface area contributed by atoms with E-state index in [0.29, 0.717) is 5.08 Å². The Labute approximate surface area is 200 Å². The Morgan fingerprint density at radius 2 is 0.750 bits per heavy atom. The molecule has 150 valence electrons. The smallest absolute Gasteiger partial charge is 0 e. The van der Waals surface area contributed by atoms with Gasteiger partial charge in [-0.15, -0.1) is 0 Å². The van der Waals surface area contributed by atoms with Crippen LogP contribution >= 0.6 is 0 Å². The maximum Gasteiger partial charge on any atom is 0 e. The Kier molecular flexibility index (Phi) is 13.9. The van der Waals surface area contributed by atoms with Crippen LogP contribution in [0.1, 0.15) is 55.6 Å². The largest absolute Gasteiger partial charge is 0.818 e. The molecule has 0 N–H and O–H groups in total. The normalized spacial score (nSPS) is 9.50. The van der Waals surface area contributed by atoms with E-state index in [2.05, 4.69) is 94.5 Å². The molecule has 3 heteroatoms. The second-order valence-corrected chi connectivity index (χ2v) is 7.31. The van der Waals surface area contributed by atoms with Crippen LogP contribution in [0.4, 0.5) is 0 Å². The minimum Gasteiger partial charge on any atom is -0.818 e. The van der Waals surface area contributed by atoms with Crippen LogP contribution < -0.4 is 0 Å². The molecule has 0 saturated carbocycles. The van der Waals surface area contributed by atoms with Crippen molar-refractivity contribution in [2.24, 2.45) is 0 Å². The third-order valence-electron chi connectivity index (χ3n) is 5.62. The fourth-order valence-corrected chi connectivity index (χ4v) is 2.81. The Hall–Kier alpha value is 0.919. The van der Waals surface area contributed by atoms with Gasteiger partial charge in [-0.1, -0.05) is 34.6 Å². The predicted molar refractivity (Wildman–Crippen MR) is 111 cm³/mol. The molecule has 0 aromatic heterocycles. The summed E-state index contributed by atoms with van der Waals surface area (Å²) in [4.78, 5) is 0. The topological polar surface area (TPSA) is 0 Å². The fraction of sp³-hybridized carbons (Fsp3) is 0.524. The van der Waals surface area contributed by atoms with E-state index >= 15 is 0 Å². The van der Waals surface area contributed by atoms with Gasteiger partial charge in [0.2, 0.25) is 0 Å². The standard InChI is InChI=1S/2C10H15.CH4S2.Yb/c2*1-6-7(2)9(4)10(5)8(6)3;2-1-3;/h2*1-5H3;2-3H,1H2;/q-5;-1;;/p-2. The van der Waals surface area contributed by atoms with Gasteiger partial charge in [0.1, 0.15) is 0 Å². The molecule has 2 aromatic carbocycles. The maximum atomic E-state index is 4.21. The van der Waals surface area contributed by atoms with Gasteiger partial charge in [-0.3, -0.25) is 0 Å². The zero-order valence-electron chi connectivity index (χ0n) is 16.8. The Morgan fingerprint density at radius 3 is 0.833 bits per heavy atom. The van der Waals surface area contributed by atoms with Gasteiger partial charge in [-0.25, -0.2) is 34.6 Å². The van der Waals surface area contributed by atoms with Gasteiger partial charge in [0.05, 0.1) is 0 Å². The second-order valence-electron chi connectivity index (χ2n) is 6.37. The molecule has 0 nitrogen and oxygen atoms in total. The Bertz CT molecular complexity index is 429. The summed E-state index contributed by atoms with van der Waals surface area (Å²) in [5.41, 5.74) is 14.7. The van der Waals surface area contributed by atoms with Crippen LogP contribution in [0.5, 0.6) is 0 Å². The molecule has 0 aliphatic heterocycles. The van der Waals surface area contributed by atoms with Crippen molar-refractivity contribution in [1.29, 1.82) is 0 Å². The Balaban J connectivity index is 0. The van der Waals surface area contributed by atoms with E-state index in [-0.39, 0.29) is 46.9 Å². The van der Waals surface area contributed by atoms with Crippen LogP contribution in [0.15, 0.2) is 0 Å². The molecule has 0 radical (unpaired) electrons. The molecule has 0 aliphatic rings. The van der Waals surface area contributed by atoms with Gasteiger partial charge < -0.3 is 58.2 Å². The summed E-state index contributed by atoms with van der Waals surface area (Å²) >= 11 is 8.42. The molecular formula is C21H32S2Yb-8. The molecule has 0 aliphatic carbocycles. The Morgan fingerprint density at radius 1 is 0.583 bits per heavy atom. The van der Waals surface area contributed by atoms with Crippen LogP contribution in [-0.4, -0.2) is 5.08 Å². The molecule has 0 amide bonds. The first-order valence-electron chi connectivity index (χ1n) is 8.08. The van der Waals surface area contributed by atoms with Crippen LogP contribution in [0.25, 0.3) is 0 Å². The van der Waals surface area contributed by atoms with E-state index < -0.39 is 0 Å². The van der Waals surface area contributed by atoms with Crippen molar-refractivity contribution in [3.63, 3.8) is 0 Å². The van der Waals surface area contributed by atoms with E-state index in [1.54, 1.807) is 0 Å². The van der Waals surface area contributed by atoms with Crippen LogP contribution in [0, 0.1) is 116 Å². The van der Waals surface area contributed by atoms with Crippen molar-refractivity contribution < 1.29 is 46.9 Å². The van der Waals surface area contributed by atoms with Gasteiger partial charge in [-0.2, -0.15) is 27.8 Å². The molecule has 2 aromatic rings. The first kappa shape index (κ1) is 27.1. The monoisotopic (exact) mass is 522 g/mol. The maximum absolute atomic E-state index is 4.21. The van der Waals surface area contributed by atoms with Gasteiger partial charge in [0.25, 0.3) is 0 Å². The molecule has 0 spiro atoms. The minimum absolute atomic E-state index is 0. The van der Waals surface area contributed by atoms with E-state index in [1.807, 2.05) is 0 Å². The summed E-state index contributed by atoms with van der Waals surface area (Å²) in [6.07, 6.45) is 0. The number of hydrogen-bond donors (Lipinski definition) is 0. The molecule has 0 unspecified atom stereocenters. The van der Waals surface area contributed by atoms with E-state index in [0.717, 1.165) is 0 Å². The first-order chi connectivity index (χ1) is 10.5. The van der Waals surface area contributed by atoms with E-state index in [1.165, 1.54) is 55.6 Å². The molecular weight excluding hydrogens is 489 g/mol. The quantitative estimate of drug-likeness (QED) is 0.311. The van der Waals surface area contributed by atoms with Crippen molar-refractivity contribution in [1.82, 2.24) is 0 Å². The zero-order valence-corrected chi connectivity index (χ0v) is 20.1. The average molecular weight is 522 g/mol. The zero-order chi connectivity index (χ0) is 18.5. The average Bonchev–Trinajstić information content (AvgIpc) is 2.80. The van der Waals surface area contributed by atoms with Gasteiger partial charge >= 0.3 is 0 Å². The van der Waals surface area contributed by atoms with Gasteiger partial charge in [0.15, 0.2) is 0 Å². The fourth-order valence-electron chi connectivity index (χ4n) is 2.81. The van der Waals surface area contributed by atoms with Gasteiger partial charge in [0, 0.05) is 46.9 Å². The summed E-state index contributed by atoms with van der Waals surface area (Å²) in [7, 11) is 0. The van der Waals surface area contributed by atoms with Gasteiger partial charge in [-0.05, 0) is 0 Å². The molecule has 0 saturated heterocycles. The third kappa shape index (κ3) is 6.58. The second kappa shape index (κ2) is 12.3. The summed E-state index contributed by atoms with van der Waals surface area (Å²) < 4.78 is 0. The van der Waals surface area contributed by atoms with Crippen molar-refractivity contribution in [2.75, 3.05) is 5.08 Å². The van der Waals surface area contributed by atoms with E-state index in [9.17, 15) is 0 Å². The van der Waals surface area contributed by atoms with Crippen molar-refractivity contribution in [2.45, 2.75) is 69.2 Å². The summed E-state index contributed by atoms with van der Waals surface area (Å²) in [5.74, 6) is 0. The minimum atomic E-state index is 0. The SMILES string of the molecule is C[c-]1[c-](C)[c-](C)[c-](C)[c-]1C.Cc1c(C)c(C)[c-](C)c1C.[S-]C[S-].[Yb]. The summed E-state index contributed by atoms with van der Waals surface area (Å²) in [6.45, 7) is 22.0. The first-order valence-corrected chi connectivity index (χ1v) is 9.23. The van der Waals surface area contributed by atoms with Crippen LogP contribution in [0.2, 0.25) is 0 Å². The van der Waals surface area contributed by atoms with Crippen LogP contribution in [-0.2, 0) is 25.3 Å². The van der Waals surface area contributed by atoms with Crippen molar-refractivity contribution in [3.8, 4) is 0 Å². The predicted octanol–water partition coefficient (Wildman–Crippen LogP) is 5.93. The molecule has 0 fully saturated rings. The summed E-state index contributed by atoms with van der Waals surface area (Å²) in [6, 6.07) is 0. The third-order valence-corrected chi connectivity index (χ3v) is 5.62. The number of rotatable bonds is 0. The molecule has 0 bridgehead atoms. The van der Waals surface area contributed by atoms with E-state index in [4.69, 9.17) is 0 Å². The molecule has 24 heavy (non-hydrogen) atoms. The van der Waals surface area contributed by atoms with Crippen molar-refractivity contribution in [3.05, 3.63) is 55.6 Å². The van der Waals surface area contributed by atoms with Crippen LogP contribution in [0.3, 0.4) is 0 Å². The molecule has 2 rings (SSSR count). The summed E-state index contributed by atoms with van der Waals surface area (Å²) in [5, 5.41) is 0.417. The molecule has 0 heterocycles. The van der Waals surface area contributed by atoms with Crippen molar-refractivity contribution >= 4 is 25.3 Å².